The van der Waals surface area contributed by atoms with Gasteiger partial charge in [-0.3, -0.25) is 18.4 Å². The van der Waals surface area contributed by atoms with Crippen molar-refractivity contribution in [3.63, 3.8) is 0 Å². The summed E-state index contributed by atoms with van der Waals surface area (Å²) in [7, 11) is 0. The van der Waals surface area contributed by atoms with Gasteiger partial charge in [-0.2, -0.15) is 0 Å². The molecule has 0 aliphatic rings. The number of hydrogen-bond acceptors (Lipinski definition) is 3. The molecule has 0 fully saturated rings. The molecular formula is C46H48N2O3. The van der Waals surface area contributed by atoms with Crippen molar-refractivity contribution in [3.05, 3.63) is 138 Å². The molecule has 0 saturated heterocycles. The molecule has 4 heterocycles. The molecule has 0 aliphatic carbocycles. The minimum Gasteiger partial charge on any atom is -0.392 e. The molecule has 0 saturated carbocycles. The quantitative estimate of drug-likeness (QED) is 0.0981. The van der Waals surface area contributed by atoms with E-state index in [4.69, 9.17) is 0 Å². The lowest BCUT2D eigenvalue weighted by Crippen LogP contribution is -2.25. The van der Waals surface area contributed by atoms with Crippen LogP contribution in [0, 0.1) is 30.6 Å². The highest BCUT2D eigenvalue weighted by molar-refractivity contribution is 5.96. The number of unbranched alkanes of at least 4 members (excludes halogenated alkanes) is 8. The van der Waals surface area contributed by atoms with Gasteiger partial charge in [-0.25, -0.2) is 0 Å². The van der Waals surface area contributed by atoms with Crippen molar-refractivity contribution in [1.82, 2.24) is 8.80 Å². The second-order valence-electron chi connectivity index (χ2n) is 13.7. The van der Waals surface area contributed by atoms with Crippen LogP contribution in [-0.2, 0) is 19.4 Å². The molecule has 5 nitrogen and oxygen atoms in total. The smallest absolute Gasteiger partial charge is 0.264 e. The third-order valence-corrected chi connectivity index (χ3v) is 9.99. The lowest BCUT2D eigenvalue weighted by atomic mass is 9.95. The third kappa shape index (κ3) is 7.80. The third-order valence-electron chi connectivity index (χ3n) is 9.99. The van der Waals surface area contributed by atoms with Gasteiger partial charge in [-0.15, -0.1) is 0 Å². The van der Waals surface area contributed by atoms with E-state index in [1.807, 2.05) is 72.8 Å². The lowest BCUT2D eigenvalue weighted by molar-refractivity contribution is 0.282. The molecule has 260 valence electrons. The Hall–Kier alpha value is -5.10. The molecule has 0 amide bonds. The van der Waals surface area contributed by atoms with Crippen LogP contribution in [0.1, 0.15) is 123 Å². The Balaban J connectivity index is 1.59. The minimum absolute atomic E-state index is 0.0245. The minimum atomic E-state index is -0.184. The van der Waals surface area contributed by atoms with Crippen molar-refractivity contribution in [2.24, 2.45) is 0 Å². The molecule has 0 spiro atoms. The number of aromatic nitrogens is 2. The van der Waals surface area contributed by atoms with Gasteiger partial charge in [0.1, 0.15) is 11.4 Å². The number of pyridine rings is 2. The first-order chi connectivity index (χ1) is 24.9. The lowest BCUT2D eigenvalue weighted by Gasteiger charge is -2.15. The number of aliphatic hydroxyl groups is 1. The predicted molar refractivity (Wildman–Crippen MR) is 210 cm³/mol. The fraction of sp³-hybridized carbons (Fsp3) is 0.348. The van der Waals surface area contributed by atoms with Crippen LogP contribution in [0.2, 0.25) is 0 Å². The van der Waals surface area contributed by atoms with Gasteiger partial charge in [0.15, 0.2) is 0 Å². The summed E-state index contributed by atoms with van der Waals surface area (Å²) in [5, 5.41) is 10.5. The Bertz CT molecular complexity index is 2370. The van der Waals surface area contributed by atoms with Gasteiger partial charge in [0.2, 0.25) is 0 Å². The van der Waals surface area contributed by atoms with Gasteiger partial charge >= 0.3 is 0 Å². The normalized spacial score (nSPS) is 11.2. The largest absolute Gasteiger partial charge is 0.392 e. The summed E-state index contributed by atoms with van der Waals surface area (Å²) in [6.45, 7) is 6.45. The highest BCUT2D eigenvalue weighted by Gasteiger charge is 2.23. The predicted octanol–water partition coefficient (Wildman–Crippen LogP) is 9.13. The Kier molecular flexibility index (Phi) is 11.7. The van der Waals surface area contributed by atoms with Crippen molar-refractivity contribution in [1.29, 1.82) is 0 Å². The van der Waals surface area contributed by atoms with Crippen LogP contribution in [0.25, 0.3) is 21.8 Å². The Morgan fingerprint density at radius 3 is 1.39 bits per heavy atom. The molecule has 6 rings (SSSR count). The molecule has 51 heavy (non-hydrogen) atoms. The van der Waals surface area contributed by atoms with Crippen LogP contribution in [-0.4, -0.2) is 13.9 Å². The highest BCUT2D eigenvalue weighted by Crippen LogP contribution is 2.29. The number of aliphatic hydroxyl groups excluding tert-OH is 1. The van der Waals surface area contributed by atoms with Crippen molar-refractivity contribution in [2.45, 2.75) is 104 Å². The molecule has 2 aromatic carbocycles. The zero-order valence-electron chi connectivity index (χ0n) is 30.3. The molecule has 6 aromatic rings. The molecule has 4 aromatic heterocycles. The van der Waals surface area contributed by atoms with E-state index in [0.29, 0.717) is 35.0 Å². The Labute approximate surface area is 301 Å². The molecule has 1 N–H and O–H groups in total. The molecule has 0 atom stereocenters. The zero-order valence-corrected chi connectivity index (χ0v) is 30.3. The molecule has 5 heteroatoms. The maximum absolute atomic E-state index is 14.8. The van der Waals surface area contributed by atoms with Gasteiger partial charge in [0.05, 0.1) is 28.4 Å². The van der Waals surface area contributed by atoms with E-state index in [9.17, 15) is 14.7 Å². The first-order valence-electron chi connectivity index (χ1n) is 18.8. The van der Waals surface area contributed by atoms with Crippen molar-refractivity contribution in [2.75, 3.05) is 0 Å². The van der Waals surface area contributed by atoms with Crippen LogP contribution in [0.5, 0.6) is 0 Å². The van der Waals surface area contributed by atoms with Gasteiger partial charge in [-0.1, -0.05) is 107 Å². The second kappa shape index (κ2) is 16.7. The number of benzene rings is 2. The van der Waals surface area contributed by atoms with Gasteiger partial charge < -0.3 is 5.11 Å². The van der Waals surface area contributed by atoms with Crippen LogP contribution < -0.4 is 11.1 Å². The topological polar surface area (TPSA) is 63.2 Å². The first-order valence-corrected chi connectivity index (χ1v) is 18.8. The number of nitrogens with zero attached hydrogens (tertiary/aromatic N) is 2. The Morgan fingerprint density at radius 2 is 0.961 bits per heavy atom. The average molecular weight is 677 g/mol. The molecule has 0 unspecified atom stereocenters. The summed E-state index contributed by atoms with van der Waals surface area (Å²) in [6, 6.07) is 23.3. The fourth-order valence-corrected chi connectivity index (χ4v) is 7.15. The van der Waals surface area contributed by atoms with E-state index in [2.05, 4.69) is 44.5 Å². The van der Waals surface area contributed by atoms with Gasteiger partial charge in [-0.05, 0) is 110 Å². The maximum Gasteiger partial charge on any atom is 0.264 e. The van der Waals surface area contributed by atoms with Crippen LogP contribution in [0.15, 0.2) is 82.4 Å². The summed E-state index contributed by atoms with van der Waals surface area (Å²) in [5.74, 6) is 13.1. The van der Waals surface area contributed by atoms with E-state index in [0.717, 1.165) is 90.2 Å². The van der Waals surface area contributed by atoms with Crippen molar-refractivity contribution in [3.8, 4) is 23.7 Å². The zero-order chi connectivity index (χ0) is 35.7. The highest BCUT2D eigenvalue weighted by atomic mass is 16.3. The molecule has 0 radical (unpaired) electrons. The van der Waals surface area contributed by atoms with Crippen LogP contribution in [0.3, 0.4) is 0 Å². The summed E-state index contributed by atoms with van der Waals surface area (Å²) >= 11 is 0. The summed E-state index contributed by atoms with van der Waals surface area (Å²) in [6.07, 6.45) is 12.4. The van der Waals surface area contributed by atoms with E-state index < -0.39 is 0 Å². The summed E-state index contributed by atoms with van der Waals surface area (Å²) in [4.78, 5) is 29.6. The first kappa shape index (κ1) is 35.7. The van der Waals surface area contributed by atoms with E-state index in [1.54, 1.807) is 8.80 Å². The second-order valence-corrected chi connectivity index (χ2v) is 13.7. The molecular weight excluding hydrogens is 629 g/mol. The monoisotopic (exact) mass is 676 g/mol. The maximum atomic E-state index is 14.8. The Morgan fingerprint density at radius 1 is 0.529 bits per heavy atom. The molecule has 0 aliphatic heterocycles. The standard InChI is InChI=1S/C46H48N2O3/c1-4-6-8-10-12-14-39-41-30-28-37(26-24-34-18-16-33(3)17-19-34)47(41)45(50)43-40(15-13-11-9-7-5-2)42-31-29-38(48(42)46(51)44(39)43)27-25-35-20-22-36(32-49)23-21-35/h16-23,28-31,49H,4-15,32H2,1-3H3. The van der Waals surface area contributed by atoms with E-state index >= 15 is 0 Å². The number of fused-ring (bicyclic) bond motifs is 3. The van der Waals surface area contributed by atoms with E-state index in [-0.39, 0.29) is 17.7 Å². The summed E-state index contributed by atoms with van der Waals surface area (Å²) < 4.78 is 3.51. The van der Waals surface area contributed by atoms with Gasteiger partial charge in [0, 0.05) is 11.1 Å². The number of rotatable bonds is 13. The van der Waals surface area contributed by atoms with Gasteiger partial charge in [0.25, 0.3) is 11.1 Å². The summed E-state index contributed by atoms with van der Waals surface area (Å²) in [5.41, 5.74) is 7.95. The van der Waals surface area contributed by atoms with E-state index in [1.165, 1.54) is 18.4 Å². The fourth-order valence-electron chi connectivity index (χ4n) is 7.15. The average Bonchev–Trinajstić information content (AvgIpc) is 3.78. The number of aryl methyl sites for hydroxylation is 3. The molecule has 0 bridgehead atoms. The van der Waals surface area contributed by atoms with Crippen LogP contribution >= 0.6 is 0 Å². The SMILES string of the molecule is CCCCCCCc1c2c(=O)n3c(C#Cc4ccc(CO)cc4)ccc3c(CCCCCCC)c2c(=O)n2c(C#Cc3ccc(C)cc3)ccc12. The number of hydrogen-bond donors (Lipinski definition) is 1. The van der Waals surface area contributed by atoms with Crippen molar-refractivity contribution >= 4 is 21.8 Å². The van der Waals surface area contributed by atoms with Crippen molar-refractivity contribution < 1.29 is 5.11 Å². The van der Waals surface area contributed by atoms with Crippen LogP contribution in [0.4, 0.5) is 0 Å².